The van der Waals surface area contributed by atoms with Gasteiger partial charge in [0.1, 0.15) is 5.69 Å². The molecule has 0 saturated carbocycles. The summed E-state index contributed by atoms with van der Waals surface area (Å²) >= 11 is 0. The Morgan fingerprint density at radius 3 is 2.31 bits per heavy atom. The lowest BCUT2D eigenvalue weighted by molar-refractivity contribution is -0.384. The van der Waals surface area contributed by atoms with Gasteiger partial charge in [-0.3, -0.25) is 10.1 Å². The Hall–Kier alpha value is -1.58. The van der Waals surface area contributed by atoms with E-state index in [1.165, 1.54) is 0 Å². The highest BCUT2D eigenvalue weighted by Gasteiger charge is 2.18. The Labute approximate surface area is 76.5 Å². The van der Waals surface area contributed by atoms with Gasteiger partial charge in [-0.25, -0.2) is 0 Å². The average Bonchev–Trinajstić information content (AvgIpc) is 2.01. The van der Waals surface area contributed by atoms with Gasteiger partial charge in [0.2, 0.25) is 0 Å². The Balaban J connectivity index is 3.56. The Morgan fingerprint density at radius 1 is 1.31 bits per heavy atom. The molecule has 4 nitrogen and oxygen atoms in total. The van der Waals surface area contributed by atoms with Crippen LogP contribution in [0.25, 0.3) is 0 Å². The molecule has 0 fully saturated rings. The molecule has 0 unspecified atom stereocenters. The third-order valence-electron chi connectivity index (χ3n) is 2.24. The van der Waals surface area contributed by atoms with Gasteiger partial charge in [0, 0.05) is 5.56 Å². The van der Waals surface area contributed by atoms with Crippen LogP contribution in [-0.2, 0) is 0 Å². The van der Waals surface area contributed by atoms with Crippen LogP contribution in [0.15, 0.2) is 6.07 Å². The zero-order valence-electron chi connectivity index (χ0n) is 7.92. The molecular weight excluding hydrogens is 168 g/mol. The molecule has 0 radical (unpaired) electrons. The minimum atomic E-state index is -0.426. The fourth-order valence-electron chi connectivity index (χ4n) is 1.32. The van der Waals surface area contributed by atoms with Crippen LogP contribution in [0.1, 0.15) is 16.7 Å². The van der Waals surface area contributed by atoms with Crippen molar-refractivity contribution in [2.45, 2.75) is 20.8 Å². The summed E-state index contributed by atoms with van der Waals surface area (Å²) in [4.78, 5) is 10.2. The number of nitrogen functional groups attached to an aromatic ring is 1. The quantitative estimate of drug-likeness (QED) is 0.408. The molecule has 70 valence electrons. The molecule has 0 heterocycles. The van der Waals surface area contributed by atoms with Crippen molar-refractivity contribution in [1.82, 2.24) is 0 Å². The van der Waals surface area contributed by atoms with Crippen molar-refractivity contribution >= 4 is 11.4 Å². The van der Waals surface area contributed by atoms with E-state index < -0.39 is 4.92 Å². The number of benzene rings is 1. The van der Waals surface area contributed by atoms with Crippen molar-refractivity contribution in [3.63, 3.8) is 0 Å². The number of aryl methyl sites for hydroxylation is 2. The van der Waals surface area contributed by atoms with E-state index in [4.69, 9.17) is 5.73 Å². The molecule has 1 aromatic carbocycles. The van der Waals surface area contributed by atoms with Crippen molar-refractivity contribution in [1.29, 1.82) is 0 Å². The average molecular weight is 180 g/mol. The van der Waals surface area contributed by atoms with Gasteiger partial charge in [0.15, 0.2) is 0 Å². The normalized spacial score (nSPS) is 10.1. The monoisotopic (exact) mass is 180 g/mol. The highest BCUT2D eigenvalue weighted by Crippen LogP contribution is 2.30. The number of nitro benzene ring substituents is 1. The van der Waals surface area contributed by atoms with Crippen LogP contribution < -0.4 is 5.73 Å². The van der Waals surface area contributed by atoms with E-state index in [-0.39, 0.29) is 11.4 Å². The number of hydrogen-bond donors (Lipinski definition) is 1. The molecule has 1 rings (SSSR count). The number of nitro groups is 1. The largest absolute Gasteiger partial charge is 0.393 e. The van der Waals surface area contributed by atoms with E-state index in [0.717, 1.165) is 11.1 Å². The van der Waals surface area contributed by atoms with Crippen LogP contribution >= 0.6 is 0 Å². The molecule has 13 heavy (non-hydrogen) atoms. The molecule has 2 N–H and O–H groups in total. The lowest BCUT2D eigenvalue weighted by Gasteiger charge is -2.07. The number of nitrogens with zero attached hydrogens (tertiary/aromatic N) is 1. The fourth-order valence-corrected chi connectivity index (χ4v) is 1.32. The summed E-state index contributed by atoms with van der Waals surface area (Å²) in [7, 11) is 0. The minimum Gasteiger partial charge on any atom is -0.393 e. The molecule has 1 aromatic rings. The third kappa shape index (κ3) is 1.47. The number of rotatable bonds is 1. The summed E-state index contributed by atoms with van der Waals surface area (Å²) < 4.78 is 0. The van der Waals surface area contributed by atoms with Gasteiger partial charge in [-0.05, 0) is 31.9 Å². The molecule has 0 aliphatic rings. The highest BCUT2D eigenvalue weighted by atomic mass is 16.6. The predicted octanol–water partition coefficient (Wildman–Crippen LogP) is 2.10. The maximum Gasteiger partial charge on any atom is 0.295 e. The van der Waals surface area contributed by atoms with Crippen LogP contribution in [-0.4, -0.2) is 4.92 Å². The second-order valence-corrected chi connectivity index (χ2v) is 3.15. The molecule has 0 saturated heterocycles. The molecule has 0 aliphatic carbocycles. The first-order valence-electron chi connectivity index (χ1n) is 3.95. The molecule has 0 bridgehead atoms. The first-order valence-corrected chi connectivity index (χ1v) is 3.95. The van der Waals surface area contributed by atoms with Gasteiger partial charge >= 0.3 is 0 Å². The predicted molar refractivity (Wildman–Crippen MR) is 51.7 cm³/mol. The zero-order valence-corrected chi connectivity index (χ0v) is 7.92. The SMILES string of the molecule is Cc1cc(C)c(N)c([N+](=O)[O-])c1C. The molecule has 4 heteroatoms. The Kier molecular flexibility index (Phi) is 2.23. The molecule has 0 aliphatic heterocycles. The standard InChI is InChI=1S/C9H12N2O2/c1-5-4-6(2)8(10)9(7(5)3)11(12)13/h4H,10H2,1-3H3. The van der Waals surface area contributed by atoms with Crippen LogP contribution in [0.5, 0.6) is 0 Å². The van der Waals surface area contributed by atoms with Gasteiger partial charge in [-0.2, -0.15) is 0 Å². The van der Waals surface area contributed by atoms with Gasteiger partial charge in [0.05, 0.1) is 4.92 Å². The van der Waals surface area contributed by atoms with E-state index in [2.05, 4.69) is 0 Å². The molecule has 0 spiro atoms. The number of anilines is 1. The van der Waals surface area contributed by atoms with E-state index in [1.54, 1.807) is 13.8 Å². The van der Waals surface area contributed by atoms with E-state index in [9.17, 15) is 10.1 Å². The summed E-state index contributed by atoms with van der Waals surface area (Å²) in [5, 5.41) is 10.7. The van der Waals surface area contributed by atoms with Crippen molar-refractivity contribution in [2.24, 2.45) is 0 Å². The second-order valence-electron chi connectivity index (χ2n) is 3.15. The van der Waals surface area contributed by atoms with E-state index in [1.807, 2.05) is 13.0 Å². The van der Waals surface area contributed by atoms with Crippen LogP contribution in [0.3, 0.4) is 0 Å². The first-order chi connectivity index (χ1) is 5.95. The van der Waals surface area contributed by atoms with Crippen molar-refractivity contribution in [3.05, 3.63) is 32.9 Å². The lowest BCUT2D eigenvalue weighted by atomic mass is 10.0. The van der Waals surface area contributed by atoms with Crippen LogP contribution in [0, 0.1) is 30.9 Å². The van der Waals surface area contributed by atoms with Gasteiger partial charge in [0.25, 0.3) is 5.69 Å². The smallest absolute Gasteiger partial charge is 0.295 e. The van der Waals surface area contributed by atoms with Crippen LogP contribution in [0.2, 0.25) is 0 Å². The van der Waals surface area contributed by atoms with Crippen molar-refractivity contribution in [2.75, 3.05) is 5.73 Å². The molecule has 0 amide bonds. The summed E-state index contributed by atoms with van der Waals surface area (Å²) in [6.45, 7) is 5.33. The van der Waals surface area contributed by atoms with Crippen LogP contribution in [0.4, 0.5) is 11.4 Å². The fraction of sp³-hybridized carbons (Fsp3) is 0.333. The molecule has 0 atom stereocenters. The summed E-state index contributed by atoms with van der Waals surface area (Å²) in [5.41, 5.74) is 8.23. The number of hydrogen-bond acceptors (Lipinski definition) is 3. The topological polar surface area (TPSA) is 69.2 Å². The Morgan fingerprint density at radius 2 is 1.85 bits per heavy atom. The zero-order chi connectivity index (χ0) is 10.2. The van der Waals surface area contributed by atoms with Crippen molar-refractivity contribution < 1.29 is 4.92 Å². The summed E-state index contributed by atoms with van der Waals surface area (Å²) in [5.74, 6) is 0. The summed E-state index contributed by atoms with van der Waals surface area (Å²) in [6, 6.07) is 1.86. The highest BCUT2D eigenvalue weighted by molar-refractivity contribution is 5.68. The third-order valence-corrected chi connectivity index (χ3v) is 2.24. The first kappa shape index (κ1) is 9.51. The van der Waals surface area contributed by atoms with Gasteiger partial charge in [-0.1, -0.05) is 6.07 Å². The Bertz CT molecular complexity index is 346. The maximum absolute atomic E-state index is 10.7. The molecule has 0 aromatic heterocycles. The summed E-state index contributed by atoms with van der Waals surface area (Å²) in [6.07, 6.45) is 0. The maximum atomic E-state index is 10.7. The van der Waals surface area contributed by atoms with E-state index in [0.29, 0.717) is 5.56 Å². The van der Waals surface area contributed by atoms with E-state index >= 15 is 0 Å². The van der Waals surface area contributed by atoms with Gasteiger partial charge in [-0.15, -0.1) is 0 Å². The van der Waals surface area contributed by atoms with Gasteiger partial charge < -0.3 is 5.73 Å². The second kappa shape index (κ2) is 3.05. The number of nitrogens with two attached hydrogens (primary N) is 1. The molecular formula is C9H12N2O2. The lowest BCUT2D eigenvalue weighted by Crippen LogP contribution is -2.02. The minimum absolute atomic E-state index is 0.0394. The van der Waals surface area contributed by atoms with Crippen molar-refractivity contribution in [3.8, 4) is 0 Å².